The molecule has 2 aromatic rings. The molecule has 0 fully saturated rings. The molecule has 1 atom stereocenters. The van der Waals surface area contributed by atoms with Gasteiger partial charge in [0.05, 0.1) is 0 Å². The molecule has 0 bridgehead atoms. The van der Waals surface area contributed by atoms with E-state index in [0.29, 0.717) is 5.02 Å². The zero-order chi connectivity index (χ0) is 9.42. The molecule has 0 spiro atoms. The van der Waals surface area contributed by atoms with Crippen molar-refractivity contribution in [2.45, 2.75) is 13.0 Å². The van der Waals surface area contributed by atoms with Gasteiger partial charge in [-0.05, 0) is 25.1 Å². The minimum absolute atomic E-state index is 0. The lowest BCUT2D eigenvalue weighted by atomic mass is 10.1. The maximum Gasteiger partial charge on any atom is 0.167 e. The third-order valence-electron chi connectivity index (χ3n) is 1.89. The van der Waals surface area contributed by atoms with Crippen molar-refractivity contribution in [2.75, 3.05) is 0 Å². The van der Waals surface area contributed by atoms with Crippen LogP contribution in [-0.4, -0.2) is 5.16 Å². The summed E-state index contributed by atoms with van der Waals surface area (Å²) in [5.41, 5.74) is 7.18. The summed E-state index contributed by atoms with van der Waals surface area (Å²) in [6.07, 6.45) is 0. The van der Waals surface area contributed by atoms with Crippen molar-refractivity contribution in [3.8, 4) is 0 Å². The Morgan fingerprint density at radius 1 is 1.50 bits per heavy atom. The number of nitrogens with zero attached hydrogens (tertiary/aromatic N) is 1. The monoisotopic (exact) mass is 232 g/mol. The number of nitrogens with two attached hydrogens (primary N) is 1. The van der Waals surface area contributed by atoms with Crippen LogP contribution in [0.25, 0.3) is 11.0 Å². The highest BCUT2D eigenvalue weighted by atomic mass is 35.5. The first-order valence-corrected chi connectivity index (χ1v) is 4.36. The number of hydrogen-bond donors (Lipinski definition) is 1. The van der Waals surface area contributed by atoms with Gasteiger partial charge >= 0.3 is 0 Å². The third-order valence-corrected chi connectivity index (χ3v) is 2.13. The van der Waals surface area contributed by atoms with Crippen molar-refractivity contribution >= 4 is 35.0 Å². The van der Waals surface area contributed by atoms with Crippen LogP contribution >= 0.6 is 24.0 Å². The number of halogens is 2. The Morgan fingerprint density at radius 2 is 2.21 bits per heavy atom. The molecule has 2 rings (SSSR count). The van der Waals surface area contributed by atoms with Crippen LogP contribution in [0.1, 0.15) is 18.7 Å². The van der Waals surface area contributed by atoms with Gasteiger partial charge in [-0.15, -0.1) is 12.4 Å². The summed E-state index contributed by atoms with van der Waals surface area (Å²) in [6, 6.07) is 5.22. The van der Waals surface area contributed by atoms with Gasteiger partial charge in [0, 0.05) is 16.5 Å². The molecule has 5 heteroatoms. The van der Waals surface area contributed by atoms with Crippen LogP contribution in [-0.2, 0) is 0 Å². The number of hydrogen-bond acceptors (Lipinski definition) is 3. The van der Waals surface area contributed by atoms with Gasteiger partial charge in [-0.2, -0.15) is 0 Å². The predicted molar refractivity (Wildman–Crippen MR) is 58.9 cm³/mol. The van der Waals surface area contributed by atoms with E-state index in [1.54, 1.807) is 12.1 Å². The molecule has 1 aromatic heterocycles. The van der Waals surface area contributed by atoms with Gasteiger partial charge in [-0.3, -0.25) is 0 Å². The molecule has 14 heavy (non-hydrogen) atoms. The second-order valence-corrected chi connectivity index (χ2v) is 3.43. The molecule has 1 unspecified atom stereocenters. The molecule has 3 nitrogen and oxygen atoms in total. The van der Waals surface area contributed by atoms with Gasteiger partial charge in [0.25, 0.3) is 0 Å². The summed E-state index contributed by atoms with van der Waals surface area (Å²) in [5, 5.41) is 5.43. The maximum absolute atomic E-state index is 5.84. The van der Waals surface area contributed by atoms with Crippen molar-refractivity contribution < 1.29 is 4.52 Å². The SMILES string of the molecule is CC(N)c1noc2ccc(Cl)cc12.Cl. The number of fused-ring (bicyclic) bond motifs is 1. The van der Waals surface area contributed by atoms with Gasteiger partial charge < -0.3 is 10.3 Å². The van der Waals surface area contributed by atoms with Crippen LogP contribution < -0.4 is 5.73 Å². The molecule has 0 aliphatic rings. The maximum atomic E-state index is 5.84. The van der Waals surface area contributed by atoms with Crippen LogP contribution in [0.15, 0.2) is 22.7 Å². The molecule has 0 radical (unpaired) electrons. The number of rotatable bonds is 1. The molecule has 1 heterocycles. The molecule has 76 valence electrons. The van der Waals surface area contributed by atoms with E-state index in [2.05, 4.69) is 5.16 Å². The molecule has 0 saturated carbocycles. The summed E-state index contributed by atoms with van der Waals surface area (Å²) >= 11 is 5.84. The zero-order valence-corrected chi connectivity index (χ0v) is 9.10. The van der Waals surface area contributed by atoms with Gasteiger partial charge in [0.1, 0.15) is 5.69 Å². The average molecular weight is 233 g/mol. The quantitative estimate of drug-likeness (QED) is 0.823. The molecule has 0 aliphatic carbocycles. The normalized spacial score (nSPS) is 12.5. The van der Waals surface area contributed by atoms with E-state index in [9.17, 15) is 0 Å². The largest absolute Gasteiger partial charge is 0.356 e. The van der Waals surface area contributed by atoms with E-state index in [4.69, 9.17) is 21.9 Å². The molecule has 0 saturated heterocycles. The Morgan fingerprint density at radius 3 is 2.86 bits per heavy atom. The van der Waals surface area contributed by atoms with Crippen molar-refractivity contribution in [3.63, 3.8) is 0 Å². The number of aromatic nitrogens is 1. The highest BCUT2D eigenvalue weighted by molar-refractivity contribution is 6.31. The molecule has 2 N–H and O–H groups in total. The summed E-state index contributed by atoms with van der Waals surface area (Å²) in [5.74, 6) is 0. The molecular formula is C9H10Cl2N2O. The van der Waals surface area contributed by atoms with Crippen LogP contribution in [0, 0.1) is 0 Å². The Labute approximate surface area is 92.6 Å². The molecular weight excluding hydrogens is 223 g/mol. The fourth-order valence-corrected chi connectivity index (χ4v) is 1.43. The lowest BCUT2D eigenvalue weighted by Gasteiger charge is -1.98. The Kier molecular flexibility index (Phi) is 3.37. The second-order valence-electron chi connectivity index (χ2n) is 3.00. The predicted octanol–water partition coefficient (Wildman–Crippen LogP) is 2.92. The molecule has 0 aliphatic heterocycles. The van der Waals surface area contributed by atoms with Gasteiger partial charge in [0.2, 0.25) is 0 Å². The first-order chi connectivity index (χ1) is 6.18. The first-order valence-electron chi connectivity index (χ1n) is 3.99. The minimum atomic E-state index is -0.139. The first kappa shape index (κ1) is 11.3. The Hall–Kier alpha value is -0.770. The summed E-state index contributed by atoms with van der Waals surface area (Å²) in [7, 11) is 0. The van der Waals surface area contributed by atoms with E-state index in [-0.39, 0.29) is 18.4 Å². The number of benzene rings is 1. The standard InChI is InChI=1S/C9H9ClN2O.ClH/c1-5(11)9-7-4-6(10)2-3-8(7)13-12-9;/h2-5H,11H2,1H3;1H. The Bertz CT molecular complexity index is 439. The van der Waals surface area contributed by atoms with Crippen molar-refractivity contribution in [2.24, 2.45) is 5.73 Å². The van der Waals surface area contributed by atoms with Gasteiger partial charge in [-0.1, -0.05) is 16.8 Å². The lowest BCUT2D eigenvalue weighted by molar-refractivity contribution is 0.440. The highest BCUT2D eigenvalue weighted by Crippen LogP contribution is 2.25. The van der Waals surface area contributed by atoms with Crippen molar-refractivity contribution in [1.82, 2.24) is 5.16 Å². The van der Waals surface area contributed by atoms with Crippen LogP contribution in [0.5, 0.6) is 0 Å². The second kappa shape index (κ2) is 4.17. The summed E-state index contributed by atoms with van der Waals surface area (Å²) in [4.78, 5) is 0. The molecule has 1 aromatic carbocycles. The van der Waals surface area contributed by atoms with Gasteiger partial charge in [0.15, 0.2) is 5.58 Å². The summed E-state index contributed by atoms with van der Waals surface area (Å²) in [6.45, 7) is 1.86. The fraction of sp³-hybridized carbons (Fsp3) is 0.222. The van der Waals surface area contributed by atoms with Crippen molar-refractivity contribution in [3.05, 3.63) is 28.9 Å². The van der Waals surface area contributed by atoms with E-state index in [1.807, 2.05) is 13.0 Å². The molecule has 0 amide bonds. The fourth-order valence-electron chi connectivity index (χ4n) is 1.26. The average Bonchev–Trinajstić information content (AvgIpc) is 2.46. The highest BCUT2D eigenvalue weighted by Gasteiger charge is 2.11. The van der Waals surface area contributed by atoms with E-state index < -0.39 is 0 Å². The van der Waals surface area contributed by atoms with E-state index in [1.165, 1.54) is 0 Å². The smallest absolute Gasteiger partial charge is 0.167 e. The zero-order valence-electron chi connectivity index (χ0n) is 7.53. The van der Waals surface area contributed by atoms with Crippen molar-refractivity contribution in [1.29, 1.82) is 0 Å². The lowest BCUT2D eigenvalue weighted by Crippen LogP contribution is -2.05. The third kappa shape index (κ3) is 1.85. The topological polar surface area (TPSA) is 52.0 Å². The Balaban J connectivity index is 0.000000980. The van der Waals surface area contributed by atoms with E-state index >= 15 is 0 Å². The minimum Gasteiger partial charge on any atom is -0.356 e. The van der Waals surface area contributed by atoms with Crippen LogP contribution in [0.2, 0.25) is 5.02 Å². The van der Waals surface area contributed by atoms with E-state index in [0.717, 1.165) is 16.7 Å². The van der Waals surface area contributed by atoms with Crippen LogP contribution in [0.3, 0.4) is 0 Å². The summed E-state index contributed by atoms with van der Waals surface area (Å²) < 4.78 is 5.08. The van der Waals surface area contributed by atoms with Gasteiger partial charge in [-0.25, -0.2) is 0 Å². The van der Waals surface area contributed by atoms with Crippen LogP contribution in [0.4, 0.5) is 0 Å².